The molecule has 3 rings (SSSR count). The van der Waals surface area contributed by atoms with Gasteiger partial charge in [-0.25, -0.2) is 13.2 Å². The third-order valence-corrected chi connectivity index (χ3v) is 6.21. The molecule has 1 aliphatic rings. The maximum absolute atomic E-state index is 12.6. The van der Waals surface area contributed by atoms with Crippen LogP contribution in [0, 0.1) is 13.8 Å². The zero-order valence-corrected chi connectivity index (χ0v) is 17.4. The van der Waals surface area contributed by atoms with Gasteiger partial charge in [-0.1, -0.05) is 12.1 Å². The number of nitrogens with one attached hydrogen (secondary N) is 2. The van der Waals surface area contributed by atoms with Crippen molar-refractivity contribution in [3.05, 3.63) is 59.2 Å². The Morgan fingerprint density at radius 2 is 1.72 bits per heavy atom. The molecule has 1 saturated carbocycles. The first kappa shape index (κ1) is 20.9. The van der Waals surface area contributed by atoms with Gasteiger partial charge in [0, 0.05) is 6.04 Å². The molecule has 1 aliphatic carbocycles. The van der Waals surface area contributed by atoms with E-state index in [1.54, 1.807) is 12.1 Å². The molecule has 1 fully saturated rings. The number of sulfonamides is 1. The molecule has 7 nitrogen and oxygen atoms in total. The fourth-order valence-corrected chi connectivity index (χ4v) is 3.79. The summed E-state index contributed by atoms with van der Waals surface area (Å²) < 4.78 is 33.0. The molecule has 1 atom stereocenters. The zero-order chi connectivity index (χ0) is 21.2. The van der Waals surface area contributed by atoms with Crippen LogP contribution in [0.1, 0.15) is 41.3 Å². The van der Waals surface area contributed by atoms with E-state index in [-0.39, 0.29) is 22.4 Å². The smallest absolute Gasteiger partial charge is 0.338 e. The van der Waals surface area contributed by atoms with Gasteiger partial charge in [-0.3, -0.25) is 9.52 Å². The van der Waals surface area contributed by atoms with Crippen LogP contribution in [0.5, 0.6) is 0 Å². The molecule has 0 spiro atoms. The van der Waals surface area contributed by atoms with E-state index in [0.717, 1.165) is 24.0 Å². The first-order valence-electron chi connectivity index (χ1n) is 9.38. The highest BCUT2D eigenvalue weighted by atomic mass is 32.2. The standard InChI is InChI=1S/C21H24N2O5S/c1-13-5-4-6-19(14(13)2)23-29(26,27)18-11-7-16(8-12-18)21(25)28-15(3)20(24)22-17-9-10-17/h4-8,11-12,15,17,23H,9-10H2,1-3H3,(H,22,24)/t15-/m1/s1. The topological polar surface area (TPSA) is 102 Å². The van der Waals surface area contributed by atoms with E-state index in [2.05, 4.69) is 10.0 Å². The predicted octanol–water partition coefficient (Wildman–Crippen LogP) is 2.93. The summed E-state index contributed by atoms with van der Waals surface area (Å²) in [5.74, 6) is -1.02. The van der Waals surface area contributed by atoms with Crippen molar-refractivity contribution >= 4 is 27.6 Å². The van der Waals surface area contributed by atoms with Gasteiger partial charge in [0.05, 0.1) is 16.1 Å². The van der Waals surface area contributed by atoms with E-state index < -0.39 is 22.1 Å². The fraction of sp³-hybridized carbons (Fsp3) is 0.333. The molecule has 0 aliphatic heterocycles. The monoisotopic (exact) mass is 416 g/mol. The lowest BCUT2D eigenvalue weighted by atomic mass is 10.1. The minimum Gasteiger partial charge on any atom is -0.449 e. The molecule has 0 unspecified atom stereocenters. The Kier molecular flexibility index (Phi) is 5.93. The van der Waals surface area contributed by atoms with Gasteiger partial charge >= 0.3 is 5.97 Å². The number of amides is 1. The molecule has 2 N–H and O–H groups in total. The molecule has 2 aromatic rings. The second-order valence-electron chi connectivity index (χ2n) is 7.21. The number of carbonyl (C=O) groups excluding carboxylic acids is 2. The highest BCUT2D eigenvalue weighted by Crippen LogP contribution is 2.22. The van der Waals surface area contributed by atoms with Crippen molar-refractivity contribution in [3.63, 3.8) is 0 Å². The molecule has 29 heavy (non-hydrogen) atoms. The maximum Gasteiger partial charge on any atom is 0.338 e. The Balaban J connectivity index is 1.67. The summed E-state index contributed by atoms with van der Waals surface area (Å²) >= 11 is 0. The van der Waals surface area contributed by atoms with Crippen molar-refractivity contribution in [1.29, 1.82) is 0 Å². The van der Waals surface area contributed by atoms with Crippen LogP contribution < -0.4 is 10.0 Å². The summed E-state index contributed by atoms with van der Waals surface area (Å²) in [6.45, 7) is 5.24. The number of benzene rings is 2. The van der Waals surface area contributed by atoms with E-state index in [1.807, 2.05) is 19.9 Å². The van der Waals surface area contributed by atoms with Crippen molar-refractivity contribution < 1.29 is 22.7 Å². The van der Waals surface area contributed by atoms with Gasteiger partial charge in [-0.15, -0.1) is 0 Å². The van der Waals surface area contributed by atoms with Gasteiger partial charge in [0.15, 0.2) is 6.10 Å². The van der Waals surface area contributed by atoms with Crippen LogP contribution >= 0.6 is 0 Å². The second-order valence-corrected chi connectivity index (χ2v) is 8.89. The van der Waals surface area contributed by atoms with Gasteiger partial charge < -0.3 is 10.1 Å². The maximum atomic E-state index is 12.6. The lowest BCUT2D eigenvalue weighted by molar-refractivity contribution is -0.129. The number of hydrogen-bond donors (Lipinski definition) is 2. The van der Waals surface area contributed by atoms with Crippen molar-refractivity contribution in [2.75, 3.05) is 4.72 Å². The van der Waals surface area contributed by atoms with E-state index in [1.165, 1.54) is 31.2 Å². The lowest BCUT2D eigenvalue weighted by Crippen LogP contribution is -2.37. The summed E-state index contributed by atoms with van der Waals surface area (Å²) in [5, 5.41) is 2.77. The molecule has 8 heteroatoms. The van der Waals surface area contributed by atoms with Crippen molar-refractivity contribution in [2.45, 2.75) is 50.7 Å². The van der Waals surface area contributed by atoms with E-state index in [9.17, 15) is 18.0 Å². The van der Waals surface area contributed by atoms with Gasteiger partial charge in [-0.2, -0.15) is 0 Å². The number of esters is 1. The summed E-state index contributed by atoms with van der Waals surface area (Å²) in [6, 6.07) is 11.0. The second kappa shape index (κ2) is 8.24. The number of anilines is 1. The fourth-order valence-electron chi connectivity index (χ4n) is 2.66. The van der Waals surface area contributed by atoms with Crippen LogP contribution in [0.15, 0.2) is 47.4 Å². The lowest BCUT2D eigenvalue weighted by Gasteiger charge is -2.14. The Morgan fingerprint density at radius 1 is 1.07 bits per heavy atom. The third-order valence-electron chi connectivity index (χ3n) is 4.83. The van der Waals surface area contributed by atoms with Crippen LogP contribution in [-0.4, -0.2) is 32.4 Å². The van der Waals surface area contributed by atoms with Gasteiger partial charge in [0.2, 0.25) is 0 Å². The van der Waals surface area contributed by atoms with Gasteiger partial charge in [-0.05, 0) is 75.1 Å². The van der Waals surface area contributed by atoms with E-state index >= 15 is 0 Å². The van der Waals surface area contributed by atoms with Crippen LogP contribution in [0.3, 0.4) is 0 Å². The van der Waals surface area contributed by atoms with E-state index in [0.29, 0.717) is 5.69 Å². The van der Waals surface area contributed by atoms with Crippen LogP contribution in [0.25, 0.3) is 0 Å². The molecule has 2 aromatic carbocycles. The number of carbonyl (C=O) groups is 2. The van der Waals surface area contributed by atoms with Crippen molar-refractivity contribution in [2.24, 2.45) is 0 Å². The third kappa shape index (κ3) is 5.14. The van der Waals surface area contributed by atoms with E-state index in [4.69, 9.17) is 4.74 Å². The molecular weight excluding hydrogens is 392 g/mol. The van der Waals surface area contributed by atoms with Crippen molar-refractivity contribution in [1.82, 2.24) is 5.32 Å². The Bertz CT molecular complexity index is 1030. The molecule has 0 saturated heterocycles. The van der Waals surface area contributed by atoms with Gasteiger partial charge in [0.1, 0.15) is 0 Å². The molecule has 0 heterocycles. The SMILES string of the molecule is Cc1cccc(NS(=O)(=O)c2ccc(C(=O)O[C@H](C)C(=O)NC3CC3)cc2)c1C. The van der Waals surface area contributed by atoms with Gasteiger partial charge in [0.25, 0.3) is 15.9 Å². The highest BCUT2D eigenvalue weighted by Gasteiger charge is 2.27. The van der Waals surface area contributed by atoms with Crippen LogP contribution in [-0.2, 0) is 19.6 Å². The van der Waals surface area contributed by atoms with Crippen LogP contribution in [0.2, 0.25) is 0 Å². The average molecular weight is 416 g/mol. The minimum atomic E-state index is -3.80. The molecule has 0 aromatic heterocycles. The Labute approximate surface area is 170 Å². The summed E-state index contributed by atoms with van der Waals surface area (Å²) in [7, 11) is -3.80. The largest absolute Gasteiger partial charge is 0.449 e. The number of ether oxygens (including phenoxy) is 1. The Hall–Kier alpha value is -2.87. The predicted molar refractivity (Wildman–Crippen MR) is 109 cm³/mol. The normalized spacial score (nSPS) is 14.7. The molecule has 1 amide bonds. The number of rotatable bonds is 7. The summed E-state index contributed by atoms with van der Waals surface area (Å²) in [6.07, 6.45) is 0.967. The van der Waals surface area contributed by atoms with Crippen LogP contribution in [0.4, 0.5) is 5.69 Å². The number of aryl methyl sites for hydroxylation is 1. The summed E-state index contributed by atoms with van der Waals surface area (Å²) in [4.78, 5) is 24.1. The van der Waals surface area contributed by atoms with Crippen molar-refractivity contribution in [3.8, 4) is 0 Å². The average Bonchev–Trinajstić information content (AvgIpc) is 3.49. The Morgan fingerprint density at radius 3 is 2.34 bits per heavy atom. The molecule has 0 radical (unpaired) electrons. The zero-order valence-electron chi connectivity index (χ0n) is 16.6. The quantitative estimate of drug-likeness (QED) is 0.676. The summed E-state index contributed by atoms with van der Waals surface area (Å²) in [5.41, 5.74) is 2.49. The molecule has 154 valence electrons. The highest BCUT2D eigenvalue weighted by molar-refractivity contribution is 7.92. The molecule has 0 bridgehead atoms. The first-order chi connectivity index (χ1) is 13.7. The molecular formula is C21H24N2O5S. The minimum absolute atomic E-state index is 0.0227. The number of hydrogen-bond acceptors (Lipinski definition) is 5. The first-order valence-corrected chi connectivity index (χ1v) is 10.9.